The quantitative estimate of drug-likeness (QED) is 0.724. The van der Waals surface area contributed by atoms with Crippen molar-refractivity contribution in [2.75, 3.05) is 11.9 Å². The van der Waals surface area contributed by atoms with Crippen LogP contribution in [0.25, 0.3) is 10.6 Å². The molecule has 0 spiro atoms. The second-order valence-electron chi connectivity index (χ2n) is 7.34. The molecule has 28 heavy (non-hydrogen) atoms. The maximum Gasteiger partial charge on any atom is 0.324 e. The minimum atomic E-state index is -0.946. The summed E-state index contributed by atoms with van der Waals surface area (Å²) >= 11 is 3.08. The Hall–Kier alpha value is -2.00. The molecular formula is C19H27N5O2S2. The van der Waals surface area contributed by atoms with E-state index in [-0.39, 0.29) is 6.03 Å². The predicted octanol–water partition coefficient (Wildman–Crippen LogP) is 4.35. The zero-order valence-electron chi connectivity index (χ0n) is 16.7. The molecule has 0 aromatic carbocycles. The molecule has 1 aliphatic rings. The van der Waals surface area contributed by atoms with Crippen molar-refractivity contribution in [1.82, 2.24) is 14.9 Å². The number of primary amides is 1. The highest BCUT2D eigenvalue weighted by Crippen LogP contribution is 2.36. The summed E-state index contributed by atoms with van der Waals surface area (Å²) < 4.78 is 0. The van der Waals surface area contributed by atoms with E-state index in [1.807, 2.05) is 6.92 Å². The maximum atomic E-state index is 12.7. The number of carbonyl (C=O) groups is 2. The van der Waals surface area contributed by atoms with E-state index in [9.17, 15) is 9.59 Å². The van der Waals surface area contributed by atoms with E-state index >= 15 is 0 Å². The molecule has 1 fully saturated rings. The molecule has 7 nitrogen and oxygen atoms in total. The van der Waals surface area contributed by atoms with Crippen LogP contribution in [0.15, 0.2) is 5.38 Å². The Balaban J connectivity index is 1.78. The molecule has 2 aromatic rings. The molecule has 2 aromatic heterocycles. The number of urea groups is 1. The smallest absolute Gasteiger partial charge is 0.324 e. The number of rotatable bonds is 6. The molecule has 0 bridgehead atoms. The Morgan fingerprint density at radius 1 is 1.36 bits per heavy atom. The molecule has 152 valence electrons. The van der Waals surface area contributed by atoms with Gasteiger partial charge in [-0.25, -0.2) is 14.8 Å². The number of anilines is 1. The van der Waals surface area contributed by atoms with Gasteiger partial charge >= 0.3 is 6.03 Å². The van der Waals surface area contributed by atoms with Crippen molar-refractivity contribution in [1.29, 1.82) is 0 Å². The summed E-state index contributed by atoms with van der Waals surface area (Å²) in [5.41, 5.74) is 6.32. The highest BCUT2D eigenvalue weighted by molar-refractivity contribution is 7.19. The van der Waals surface area contributed by atoms with Crippen LogP contribution >= 0.6 is 22.7 Å². The number of nitrogens with two attached hydrogens (primary N) is 1. The topological polar surface area (TPSA) is 101 Å². The average Bonchev–Trinajstić information content (AvgIpc) is 3.35. The number of amides is 3. The number of nitrogens with zero attached hydrogens (tertiary/aromatic N) is 3. The lowest BCUT2D eigenvalue weighted by atomic mass is 9.98. The number of nitrogens with one attached hydrogen (secondary N) is 1. The number of thiazole rings is 2. The van der Waals surface area contributed by atoms with E-state index in [4.69, 9.17) is 10.7 Å². The van der Waals surface area contributed by atoms with Gasteiger partial charge in [0.25, 0.3) is 0 Å². The summed E-state index contributed by atoms with van der Waals surface area (Å²) in [6.45, 7) is 8.50. The molecule has 0 unspecified atom stereocenters. The zero-order valence-corrected chi connectivity index (χ0v) is 18.4. The standard InChI is InChI=1S/C19H27N5O2S2/c1-5-12(6-2)15-22-13(10-27-15)14-11(3)21-17(28-14)23-18(26)24-9-7-8-19(24,4)16(20)25/h10,12H,5-9H2,1-4H3,(H2,20,25)(H,21,23,26)/t19-/m0/s1. The summed E-state index contributed by atoms with van der Waals surface area (Å²) in [6, 6.07) is -0.338. The fourth-order valence-electron chi connectivity index (χ4n) is 3.61. The first-order valence-corrected chi connectivity index (χ1v) is 11.3. The zero-order chi connectivity index (χ0) is 20.5. The highest BCUT2D eigenvalue weighted by atomic mass is 32.1. The van der Waals surface area contributed by atoms with Gasteiger partial charge in [-0.1, -0.05) is 25.2 Å². The molecule has 3 amide bonds. The van der Waals surface area contributed by atoms with Crippen LogP contribution in [0.1, 0.15) is 63.1 Å². The fourth-order valence-corrected chi connectivity index (χ4v) is 5.68. The van der Waals surface area contributed by atoms with E-state index in [1.54, 1.807) is 18.3 Å². The van der Waals surface area contributed by atoms with Gasteiger partial charge in [-0.3, -0.25) is 10.1 Å². The van der Waals surface area contributed by atoms with E-state index in [0.29, 0.717) is 24.0 Å². The summed E-state index contributed by atoms with van der Waals surface area (Å²) in [5.74, 6) is 0.000331. The molecule has 1 atom stereocenters. The largest absolute Gasteiger partial charge is 0.368 e. The van der Waals surface area contributed by atoms with Crippen LogP contribution in [0.3, 0.4) is 0 Å². The first-order chi connectivity index (χ1) is 13.3. The minimum Gasteiger partial charge on any atom is -0.368 e. The summed E-state index contributed by atoms with van der Waals surface area (Å²) in [4.78, 5) is 36.3. The van der Waals surface area contributed by atoms with Gasteiger partial charge in [0.2, 0.25) is 5.91 Å². The molecule has 0 aliphatic carbocycles. The average molecular weight is 422 g/mol. The molecule has 3 N–H and O–H groups in total. The van der Waals surface area contributed by atoms with Crippen molar-refractivity contribution in [3.63, 3.8) is 0 Å². The molecule has 9 heteroatoms. The Kier molecular flexibility index (Phi) is 6.04. The summed E-state index contributed by atoms with van der Waals surface area (Å²) in [6.07, 6.45) is 3.48. The monoisotopic (exact) mass is 421 g/mol. The molecule has 1 aliphatic heterocycles. The van der Waals surface area contributed by atoms with Crippen molar-refractivity contribution in [2.45, 2.75) is 64.8 Å². The van der Waals surface area contributed by atoms with Crippen LogP contribution < -0.4 is 11.1 Å². The fraction of sp³-hybridized carbons (Fsp3) is 0.579. The molecule has 1 saturated heterocycles. The Morgan fingerprint density at radius 2 is 2.07 bits per heavy atom. The van der Waals surface area contributed by atoms with Gasteiger partial charge in [-0.15, -0.1) is 11.3 Å². The van der Waals surface area contributed by atoms with Crippen LogP contribution in [-0.4, -0.2) is 38.9 Å². The number of likely N-dealkylation sites (tertiary alicyclic amines) is 1. The Bertz CT molecular complexity index is 874. The van der Waals surface area contributed by atoms with Gasteiger partial charge in [0, 0.05) is 17.8 Å². The van der Waals surface area contributed by atoms with Crippen molar-refractivity contribution >= 4 is 39.7 Å². The molecular weight excluding hydrogens is 394 g/mol. The molecule has 0 saturated carbocycles. The minimum absolute atomic E-state index is 0.338. The molecule has 3 heterocycles. The third-order valence-corrected chi connectivity index (χ3v) is 7.62. The number of carbonyl (C=O) groups excluding carboxylic acids is 2. The van der Waals surface area contributed by atoms with E-state index < -0.39 is 11.4 Å². The number of hydrogen-bond acceptors (Lipinski definition) is 6. The summed E-state index contributed by atoms with van der Waals surface area (Å²) in [5, 5.41) is 6.55. The third-order valence-electron chi connectivity index (χ3n) is 5.52. The van der Waals surface area contributed by atoms with Crippen LogP contribution in [0.5, 0.6) is 0 Å². The number of aromatic nitrogens is 2. The van der Waals surface area contributed by atoms with Gasteiger partial charge in [-0.05, 0) is 39.5 Å². The lowest BCUT2D eigenvalue weighted by molar-refractivity contribution is -0.126. The van der Waals surface area contributed by atoms with Crippen LogP contribution in [-0.2, 0) is 4.79 Å². The second-order valence-corrected chi connectivity index (χ2v) is 9.23. The van der Waals surface area contributed by atoms with Crippen LogP contribution in [0.2, 0.25) is 0 Å². The maximum absolute atomic E-state index is 12.7. The van der Waals surface area contributed by atoms with E-state index in [2.05, 4.69) is 29.5 Å². The predicted molar refractivity (Wildman–Crippen MR) is 114 cm³/mol. The first-order valence-electron chi connectivity index (χ1n) is 9.61. The lowest BCUT2D eigenvalue weighted by Crippen LogP contribution is -2.55. The van der Waals surface area contributed by atoms with Gasteiger partial charge in [0.15, 0.2) is 5.13 Å². The second kappa shape index (κ2) is 8.16. The Morgan fingerprint density at radius 3 is 2.71 bits per heavy atom. The van der Waals surface area contributed by atoms with Crippen LogP contribution in [0, 0.1) is 6.92 Å². The van der Waals surface area contributed by atoms with E-state index in [0.717, 1.165) is 40.5 Å². The normalized spacial score (nSPS) is 19.4. The molecule has 0 radical (unpaired) electrons. The summed E-state index contributed by atoms with van der Waals surface area (Å²) in [7, 11) is 0. The molecule has 3 rings (SSSR count). The first kappa shape index (κ1) is 20.7. The van der Waals surface area contributed by atoms with Gasteiger partial charge in [0.05, 0.1) is 21.3 Å². The van der Waals surface area contributed by atoms with Crippen molar-refractivity contribution in [2.24, 2.45) is 5.73 Å². The SMILES string of the molecule is CCC(CC)c1nc(-c2sc(NC(=O)N3CCC[C@@]3(C)C(N)=O)nc2C)cs1. The van der Waals surface area contributed by atoms with Gasteiger partial charge in [-0.2, -0.15) is 0 Å². The van der Waals surface area contributed by atoms with Crippen molar-refractivity contribution in [3.05, 3.63) is 16.1 Å². The highest BCUT2D eigenvalue weighted by Gasteiger charge is 2.44. The lowest BCUT2D eigenvalue weighted by Gasteiger charge is -2.31. The van der Waals surface area contributed by atoms with Crippen LogP contribution in [0.4, 0.5) is 9.93 Å². The number of aryl methyl sites for hydroxylation is 1. The van der Waals surface area contributed by atoms with Gasteiger partial charge < -0.3 is 10.6 Å². The Labute approximate surface area is 173 Å². The van der Waals surface area contributed by atoms with Crippen molar-refractivity contribution in [3.8, 4) is 10.6 Å². The van der Waals surface area contributed by atoms with Gasteiger partial charge in [0.1, 0.15) is 5.54 Å². The van der Waals surface area contributed by atoms with E-state index in [1.165, 1.54) is 16.2 Å². The number of hydrogen-bond donors (Lipinski definition) is 2. The third kappa shape index (κ3) is 3.77. The van der Waals surface area contributed by atoms with Crippen molar-refractivity contribution < 1.29 is 9.59 Å².